The highest BCUT2D eigenvalue weighted by Gasteiger charge is 2.19. The molecule has 0 bridgehead atoms. The summed E-state index contributed by atoms with van der Waals surface area (Å²) in [7, 11) is 0. The van der Waals surface area contributed by atoms with Gasteiger partial charge in [-0.3, -0.25) is 14.4 Å². The quantitative estimate of drug-likeness (QED) is 0.0261. The van der Waals surface area contributed by atoms with Gasteiger partial charge in [0.05, 0.1) is 0 Å². The van der Waals surface area contributed by atoms with Crippen LogP contribution in [0.2, 0.25) is 0 Å². The van der Waals surface area contributed by atoms with Crippen LogP contribution in [0.5, 0.6) is 0 Å². The third-order valence-electron chi connectivity index (χ3n) is 15.0. The molecule has 0 aliphatic heterocycles. The molecule has 0 aromatic heterocycles. The van der Waals surface area contributed by atoms with Gasteiger partial charge >= 0.3 is 17.9 Å². The topological polar surface area (TPSA) is 78.9 Å². The summed E-state index contributed by atoms with van der Waals surface area (Å²) < 4.78 is 16.9. The molecule has 6 heteroatoms. The van der Waals surface area contributed by atoms with Gasteiger partial charge in [0.1, 0.15) is 13.2 Å². The normalized spacial score (nSPS) is 12.8. The highest BCUT2D eigenvalue weighted by molar-refractivity contribution is 5.71. The van der Waals surface area contributed by atoms with Crippen LogP contribution in [0, 0.1) is 0 Å². The van der Waals surface area contributed by atoms with Crippen molar-refractivity contribution in [3.63, 3.8) is 0 Å². The molecule has 0 heterocycles. The molecule has 1 unspecified atom stereocenters. The first kappa shape index (κ1) is 78.1. The molecule has 1 atom stereocenters. The van der Waals surface area contributed by atoms with E-state index in [4.69, 9.17) is 14.2 Å². The van der Waals surface area contributed by atoms with Crippen LogP contribution in [0.15, 0.2) is 109 Å². The van der Waals surface area contributed by atoms with E-state index in [2.05, 4.69) is 130 Å². The van der Waals surface area contributed by atoms with E-state index in [9.17, 15) is 14.4 Å². The molecule has 0 N–H and O–H groups in total. The van der Waals surface area contributed by atoms with E-state index < -0.39 is 6.10 Å². The first-order valence-electron chi connectivity index (χ1n) is 34.9. The summed E-state index contributed by atoms with van der Waals surface area (Å²) in [4.78, 5) is 38.4. The minimum atomic E-state index is -0.813. The van der Waals surface area contributed by atoms with E-state index in [1.165, 1.54) is 193 Å². The maximum absolute atomic E-state index is 12.9. The lowest BCUT2D eigenvalue weighted by molar-refractivity contribution is -0.167. The predicted molar refractivity (Wildman–Crippen MR) is 357 cm³/mol. The molecule has 0 radical (unpaired) electrons. The second-order valence-electron chi connectivity index (χ2n) is 23.1. The molecule has 470 valence electrons. The van der Waals surface area contributed by atoms with E-state index in [0.717, 1.165) is 96.3 Å². The van der Waals surface area contributed by atoms with Crippen LogP contribution in [-0.4, -0.2) is 37.2 Å². The summed E-state index contributed by atoms with van der Waals surface area (Å²) >= 11 is 0. The van der Waals surface area contributed by atoms with E-state index in [0.29, 0.717) is 19.3 Å². The van der Waals surface area contributed by atoms with Crippen molar-refractivity contribution in [1.82, 2.24) is 0 Å². The summed E-state index contributed by atoms with van der Waals surface area (Å²) in [6, 6.07) is 0. The van der Waals surface area contributed by atoms with Crippen LogP contribution in [-0.2, 0) is 28.6 Å². The van der Waals surface area contributed by atoms with Gasteiger partial charge in [0.25, 0.3) is 0 Å². The molecule has 0 rings (SSSR count). The molecular formula is C76H130O6. The maximum atomic E-state index is 12.9. The van der Waals surface area contributed by atoms with Crippen LogP contribution >= 0.6 is 0 Å². The van der Waals surface area contributed by atoms with Crippen molar-refractivity contribution in [3.05, 3.63) is 109 Å². The van der Waals surface area contributed by atoms with E-state index >= 15 is 0 Å². The van der Waals surface area contributed by atoms with Gasteiger partial charge < -0.3 is 14.2 Å². The number of hydrogen-bond donors (Lipinski definition) is 0. The van der Waals surface area contributed by atoms with Crippen molar-refractivity contribution in [2.45, 2.75) is 341 Å². The Balaban J connectivity index is 4.30. The molecule has 0 fully saturated rings. The third-order valence-corrected chi connectivity index (χ3v) is 15.0. The standard InChI is InChI=1S/C76H130O6/c1-4-7-10-13-16-19-22-25-28-31-32-33-34-35-36-37-38-39-40-41-42-43-44-46-48-51-54-57-60-63-66-69-75(78)81-72-73(71-80-74(77)68-65-62-59-56-53-50-47-30-27-24-21-18-15-12-9-6-3)82-76(79)70-67-64-61-58-55-52-49-45-29-26-23-20-17-14-11-8-5-2/h8,11,17,20,22,25-26,29-32,34-35,47,49,52,58,61,73H,4-7,9-10,12-16,18-19,21,23-24,27-28,33,36-46,48,50-51,53-57,59-60,62-72H2,1-3H3/b11-8-,20-17-,25-22-,29-26-,32-31-,35-34-,47-30-,52-49-,61-58-. The number of hydrogen-bond acceptors (Lipinski definition) is 6. The van der Waals surface area contributed by atoms with E-state index in [1.807, 2.05) is 0 Å². The summed E-state index contributed by atoms with van der Waals surface area (Å²) in [5, 5.41) is 0. The smallest absolute Gasteiger partial charge is 0.306 e. The van der Waals surface area contributed by atoms with Gasteiger partial charge in [0.15, 0.2) is 6.10 Å². The van der Waals surface area contributed by atoms with Crippen LogP contribution in [0.3, 0.4) is 0 Å². The SMILES string of the molecule is CC/C=C\C/C=C\C/C=C\C/C=C\C/C=C\CCCC(=O)OC(COC(=O)CCCCCCC/C=C\CCCCCCCCC)COC(=O)CCCCCCCCCCCCCCCCCC/C=C\C/C=C\C/C=C\CCCCCCC. The monoisotopic (exact) mass is 1140 g/mol. The van der Waals surface area contributed by atoms with E-state index in [1.54, 1.807) is 0 Å². The number of allylic oxidation sites excluding steroid dienone is 18. The lowest BCUT2D eigenvalue weighted by Gasteiger charge is -2.18. The number of carbonyl (C=O) groups excluding carboxylic acids is 3. The van der Waals surface area contributed by atoms with Crippen LogP contribution in [0.1, 0.15) is 335 Å². The lowest BCUT2D eigenvalue weighted by atomic mass is 10.0. The largest absolute Gasteiger partial charge is 0.462 e. The van der Waals surface area contributed by atoms with Gasteiger partial charge in [-0.25, -0.2) is 0 Å². The van der Waals surface area contributed by atoms with Crippen LogP contribution < -0.4 is 0 Å². The molecule has 0 spiro atoms. The Hall–Kier alpha value is -3.93. The summed E-state index contributed by atoms with van der Waals surface area (Å²) in [6.07, 6.45) is 95.5. The van der Waals surface area contributed by atoms with Crippen molar-refractivity contribution >= 4 is 17.9 Å². The van der Waals surface area contributed by atoms with Crippen LogP contribution in [0.4, 0.5) is 0 Å². The van der Waals surface area contributed by atoms with Crippen LogP contribution in [0.25, 0.3) is 0 Å². The van der Waals surface area contributed by atoms with Gasteiger partial charge in [0.2, 0.25) is 0 Å². The molecule has 0 aliphatic rings. The van der Waals surface area contributed by atoms with Crippen molar-refractivity contribution < 1.29 is 28.6 Å². The van der Waals surface area contributed by atoms with Crippen molar-refractivity contribution in [3.8, 4) is 0 Å². The first-order valence-corrected chi connectivity index (χ1v) is 34.9. The number of carbonyl (C=O) groups is 3. The average molecular weight is 1140 g/mol. The number of rotatable bonds is 63. The molecule has 0 aliphatic carbocycles. The molecule has 82 heavy (non-hydrogen) atoms. The summed E-state index contributed by atoms with van der Waals surface area (Å²) in [5.41, 5.74) is 0. The van der Waals surface area contributed by atoms with Gasteiger partial charge in [-0.15, -0.1) is 0 Å². The molecule has 0 aromatic carbocycles. The van der Waals surface area contributed by atoms with Gasteiger partial charge in [-0.1, -0.05) is 304 Å². The van der Waals surface area contributed by atoms with Gasteiger partial charge in [-0.2, -0.15) is 0 Å². The third kappa shape index (κ3) is 66.9. The predicted octanol–water partition coefficient (Wildman–Crippen LogP) is 24.2. The van der Waals surface area contributed by atoms with Crippen molar-refractivity contribution in [2.75, 3.05) is 13.2 Å². The maximum Gasteiger partial charge on any atom is 0.306 e. The second kappa shape index (κ2) is 69.6. The fraction of sp³-hybridized carbons (Fsp3) is 0.724. The Kier molecular flexibility index (Phi) is 66.2. The van der Waals surface area contributed by atoms with Gasteiger partial charge in [0, 0.05) is 19.3 Å². The minimum absolute atomic E-state index is 0.102. The zero-order valence-corrected chi connectivity index (χ0v) is 54.0. The molecule has 0 saturated carbocycles. The Morgan fingerprint density at radius 3 is 0.793 bits per heavy atom. The second-order valence-corrected chi connectivity index (χ2v) is 23.1. The lowest BCUT2D eigenvalue weighted by Crippen LogP contribution is -2.30. The molecule has 0 amide bonds. The highest BCUT2D eigenvalue weighted by atomic mass is 16.6. The molecule has 0 aromatic rings. The van der Waals surface area contributed by atoms with E-state index in [-0.39, 0.29) is 37.5 Å². The molecule has 0 saturated heterocycles. The zero-order valence-electron chi connectivity index (χ0n) is 54.0. The minimum Gasteiger partial charge on any atom is -0.462 e. The van der Waals surface area contributed by atoms with Crippen molar-refractivity contribution in [2.24, 2.45) is 0 Å². The number of esters is 3. The average Bonchev–Trinajstić information content (AvgIpc) is 3.47. The van der Waals surface area contributed by atoms with Gasteiger partial charge in [-0.05, 0) is 122 Å². The summed E-state index contributed by atoms with van der Waals surface area (Å²) in [5.74, 6) is -0.959. The Morgan fingerprint density at radius 1 is 0.256 bits per heavy atom. The highest BCUT2D eigenvalue weighted by Crippen LogP contribution is 2.17. The Bertz CT molecular complexity index is 1640. The zero-order chi connectivity index (χ0) is 59.2. The number of unbranched alkanes of at least 4 members (excludes halogenated alkanes) is 34. The number of ether oxygens (including phenoxy) is 3. The fourth-order valence-electron chi connectivity index (χ4n) is 9.78. The summed E-state index contributed by atoms with van der Waals surface area (Å²) in [6.45, 7) is 6.49. The Morgan fingerprint density at radius 2 is 0.488 bits per heavy atom. The van der Waals surface area contributed by atoms with Crippen molar-refractivity contribution in [1.29, 1.82) is 0 Å². The fourth-order valence-corrected chi connectivity index (χ4v) is 9.78. The molecular weight excluding hydrogens is 1010 g/mol. The molecule has 6 nitrogen and oxygen atoms in total. The Labute approximate surface area is 508 Å². The first-order chi connectivity index (χ1) is 40.5.